The van der Waals surface area contributed by atoms with Crippen molar-refractivity contribution >= 4 is 23.4 Å². The van der Waals surface area contributed by atoms with E-state index in [-0.39, 0.29) is 29.6 Å². The molecular formula is C25H24ClF6N5O5. The number of hydrogen-bond acceptors (Lipinski definition) is 6. The normalized spacial score (nSPS) is 13.5. The monoisotopic (exact) mass is 623 g/mol. The third kappa shape index (κ3) is 8.10. The Morgan fingerprint density at radius 2 is 1.71 bits per heavy atom. The lowest BCUT2D eigenvalue weighted by Gasteiger charge is -2.22. The zero-order chi connectivity index (χ0) is 31.2. The van der Waals surface area contributed by atoms with Crippen molar-refractivity contribution in [3.05, 3.63) is 75.2 Å². The number of carbonyl (C=O) groups is 2. The van der Waals surface area contributed by atoms with Gasteiger partial charge < -0.3 is 20.5 Å². The van der Waals surface area contributed by atoms with Gasteiger partial charge in [-0.05, 0) is 35.9 Å². The summed E-state index contributed by atoms with van der Waals surface area (Å²) in [6.45, 7) is -2.36. The number of ether oxygens (including phenoxy) is 1. The number of halogens is 7. The molecule has 3 rings (SSSR count). The second-order valence-electron chi connectivity index (χ2n) is 8.81. The molecule has 2 atom stereocenters. The van der Waals surface area contributed by atoms with E-state index >= 15 is 0 Å². The van der Waals surface area contributed by atoms with Crippen molar-refractivity contribution in [2.45, 2.75) is 37.6 Å². The number of aliphatic hydroxyl groups excluding tert-OH is 1. The van der Waals surface area contributed by atoms with Gasteiger partial charge in [0.1, 0.15) is 12.6 Å². The standard InChI is InChI=1S/C25H24ClF6N5O5/c1-42-11-10-33-22(40)20(16-4-2-3-5-17(16)24(27,28)29)34-19(39)13-37-23(41)36(12-18(38)25(30,31)32)21(35-37)14-6-8-15(26)9-7-14/h2-9,18,20,38H,10-13H2,1H3,(H,33,40)(H,34,39). The maximum atomic E-state index is 13.7. The molecule has 228 valence electrons. The van der Waals surface area contributed by atoms with Crippen LogP contribution in [-0.4, -0.2) is 63.8 Å². The third-order valence-corrected chi connectivity index (χ3v) is 6.05. The third-order valence-electron chi connectivity index (χ3n) is 5.80. The predicted octanol–water partition coefficient (Wildman–Crippen LogP) is 2.93. The summed E-state index contributed by atoms with van der Waals surface area (Å²) >= 11 is 5.85. The second kappa shape index (κ2) is 13.4. The van der Waals surface area contributed by atoms with Crippen molar-refractivity contribution < 1.29 is 45.8 Å². The molecule has 0 bridgehead atoms. The largest absolute Gasteiger partial charge is 0.416 e. The van der Waals surface area contributed by atoms with E-state index in [0.717, 1.165) is 12.1 Å². The van der Waals surface area contributed by atoms with Gasteiger partial charge in [-0.25, -0.2) is 9.48 Å². The van der Waals surface area contributed by atoms with Crippen LogP contribution in [0.15, 0.2) is 53.3 Å². The Labute approximate surface area is 238 Å². The highest BCUT2D eigenvalue weighted by molar-refractivity contribution is 6.30. The number of hydrogen-bond donors (Lipinski definition) is 3. The molecule has 1 aromatic heterocycles. The summed E-state index contributed by atoms with van der Waals surface area (Å²) in [5, 5.41) is 18.2. The molecule has 0 spiro atoms. The van der Waals surface area contributed by atoms with Crippen molar-refractivity contribution in [1.29, 1.82) is 0 Å². The number of methoxy groups -OCH3 is 1. The van der Waals surface area contributed by atoms with Gasteiger partial charge >= 0.3 is 18.0 Å². The smallest absolute Gasteiger partial charge is 0.383 e. The van der Waals surface area contributed by atoms with Gasteiger partial charge in [-0.2, -0.15) is 26.3 Å². The minimum Gasteiger partial charge on any atom is -0.383 e. The van der Waals surface area contributed by atoms with Crippen LogP contribution < -0.4 is 16.3 Å². The van der Waals surface area contributed by atoms with Crippen LogP contribution in [0.5, 0.6) is 0 Å². The predicted molar refractivity (Wildman–Crippen MR) is 136 cm³/mol. The van der Waals surface area contributed by atoms with E-state index in [1.165, 1.54) is 37.4 Å². The first-order valence-corrected chi connectivity index (χ1v) is 12.4. The van der Waals surface area contributed by atoms with Gasteiger partial charge in [0.15, 0.2) is 11.9 Å². The summed E-state index contributed by atoms with van der Waals surface area (Å²) in [5.74, 6) is -2.54. The summed E-state index contributed by atoms with van der Waals surface area (Å²) in [4.78, 5) is 38.8. The van der Waals surface area contributed by atoms with E-state index < -0.39 is 66.2 Å². The van der Waals surface area contributed by atoms with E-state index in [4.69, 9.17) is 16.3 Å². The fraction of sp³-hybridized carbons (Fsp3) is 0.360. The molecule has 3 aromatic rings. The summed E-state index contributed by atoms with van der Waals surface area (Å²) < 4.78 is 86.1. The Kier molecular flexibility index (Phi) is 10.4. The number of nitrogens with one attached hydrogen (secondary N) is 2. The highest BCUT2D eigenvalue weighted by Gasteiger charge is 2.40. The quantitative estimate of drug-likeness (QED) is 0.223. The van der Waals surface area contributed by atoms with Crippen molar-refractivity contribution in [2.75, 3.05) is 20.3 Å². The Morgan fingerprint density at radius 3 is 2.31 bits per heavy atom. The van der Waals surface area contributed by atoms with Gasteiger partial charge in [-0.3, -0.25) is 14.2 Å². The molecule has 2 amide bonds. The molecule has 2 aromatic carbocycles. The zero-order valence-corrected chi connectivity index (χ0v) is 22.4. The molecule has 1 heterocycles. The van der Waals surface area contributed by atoms with Gasteiger partial charge in [0.2, 0.25) is 11.8 Å². The van der Waals surface area contributed by atoms with E-state index in [0.29, 0.717) is 15.3 Å². The molecular weight excluding hydrogens is 600 g/mol. The Morgan fingerprint density at radius 1 is 1.07 bits per heavy atom. The highest BCUT2D eigenvalue weighted by Crippen LogP contribution is 2.34. The number of carbonyl (C=O) groups excluding carboxylic acids is 2. The van der Waals surface area contributed by atoms with E-state index in [9.17, 15) is 45.8 Å². The molecule has 0 aliphatic heterocycles. The lowest BCUT2D eigenvalue weighted by molar-refractivity contribution is -0.207. The number of benzene rings is 2. The summed E-state index contributed by atoms with van der Waals surface area (Å²) in [6.07, 6.45) is -13.0. The number of aliphatic hydroxyl groups is 1. The molecule has 0 saturated carbocycles. The minimum atomic E-state index is -5.09. The fourth-order valence-electron chi connectivity index (χ4n) is 3.81. The van der Waals surface area contributed by atoms with Crippen LogP contribution in [0.3, 0.4) is 0 Å². The van der Waals surface area contributed by atoms with E-state index in [1.54, 1.807) is 0 Å². The number of rotatable bonds is 11. The first-order chi connectivity index (χ1) is 19.6. The topological polar surface area (TPSA) is 127 Å². The Balaban J connectivity index is 1.98. The summed E-state index contributed by atoms with van der Waals surface area (Å²) in [7, 11) is 1.33. The van der Waals surface area contributed by atoms with Crippen molar-refractivity contribution in [3.63, 3.8) is 0 Å². The Bertz CT molecular complexity index is 1460. The molecule has 3 N–H and O–H groups in total. The average Bonchev–Trinajstić information content (AvgIpc) is 3.21. The average molecular weight is 624 g/mol. The van der Waals surface area contributed by atoms with E-state index in [2.05, 4.69) is 15.7 Å². The summed E-state index contributed by atoms with van der Waals surface area (Å²) in [5.41, 5.74) is -2.93. The van der Waals surface area contributed by atoms with Gasteiger partial charge in [-0.15, -0.1) is 5.10 Å². The first kappa shape index (κ1) is 32.6. The summed E-state index contributed by atoms with van der Waals surface area (Å²) in [6, 6.07) is 7.53. The maximum Gasteiger partial charge on any atom is 0.416 e. The fourth-order valence-corrected chi connectivity index (χ4v) is 3.94. The van der Waals surface area contributed by atoms with Gasteiger partial charge in [-0.1, -0.05) is 29.8 Å². The van der Waals surface area contributed by atoms with Crippen LogP contribution in [0.1, 0.15) is 17.2 Å². The number of aromatic nitrogens is 3. The molecule has 42 heavy (non-hydrogen) atoms. The minimum absolute atomic E-state index is 0.0113. The SMILES string of the molecule is COCCNC(=O)C(NC(=O)Cn1nc(-c2ccc(Cl)cc2)n(CC(O)C(F)(F)F)c1=O)c1ccccc1C(F)(F)F. The second-order valence-corrected chi connectivity index (χ2v) is 9.24. The van der Waals surface area contributed by atoms with Crippen LogP contribution in [0.2, 0.25) is 5.02 Å². The van der Waals surface area contributed by atoms with Crippen LogP contribution in [-0.2, 0) is 33.6 Å². The van der Waals surface area contributed by atoms with Crippen molar-refractivity contribution in [2.24, 2.45) is 0 Å². The molecule has 0 aliphatic rings. The molecule has 17 heteroatoms. The van der Waals surface area contributed by atoms with Crippen LogP contribution in [0, 0.1) is 0 Å². The lowest BCUT2D eigenvalue weighted by Crippen LogP contribution is -2.44. The van der Waals surface area contributed by atoms with Crippen LogP contribution in [0.25, 0.3) is 11.4 Å². The van der Waals surface area contributed by atoms with Crippen LogP contribution in [0.4, 0.5) is 26.3 Å². The number of amides is 2. The van der Waals surface area contributed by atoms with Gasteiger partial charge in [0, 0.05) is 24.2 Å². The zero-order valence-electron chi connectivity index (χ0n) is 21.7. The van der Waals surface area contributed by atoms with E-state index in [1.807, 2.05) is 0 Å². The maximum absolute atomic E-state index is 13.7. The van der Waals surface area contributed by atoms with Crippen LogP contribution >= 0.6 is 11.6 Å². The number of nitrogens with zero attached hydrogens (tertiary/aromatic N) is 3. The Hall–Kier alpha value is -3.89. The lowest BCUT2D eigenvalue weighted by atomic mass is 9.99. The molecule has 10 nitrogen and oxygen atoms in total. The molecule has 0 aliphatic carbocycles. The molecule has 0 fully saturated rings. The van der Waals surface area contributed by atoms with Gasteiger partial charge in [0.25, 0.3) is 0 Å². The van der Waals surface area contributed by atoms with Crippen molar-refractivity contribution in [3.8, 4) is 11.4 Å². The first-order valence-electron chi connectivity index (χ1n) is 12.0. The van der Waals surface area contributed by atoms with Crippen molar-refractivity contribution in [1.82, 2.24) is 25.0 Å². The molecule has 0 saturated heterocycles. The molecule has 0 radical (unpaired) electrons. The molecule has 2 unspecified atom stereocenters. The highest BCUT2D eigenvalue weighted by atomic mass is 35.5. The van der Waals surface area contributed by atoms with Gasteiger partial charge in [0.05, 0.1) is 18.7 Å². The number of alkyl halides is 6.